The lowest BCUT2D eigenvalue weighted by molar-refractivity contribution is 0.583. The van der Waals surface area contributed by atoms with Crippen molar-refractivity contribution in [2.24, 2.45) is 11.7 Å². The van der Waals surface area contributed by atoms with Gasteiger partial charge in [-0.15, -0.1) is 0 Å². The van der Waals surface area contributed by atoms with E-state index in [1.165, 1.54) is 24.0 Å². The highest BCUT2D eigenvalue weighted by atomic mass is 14.5. The van der Waals surface area contributed by atoms with Crippen molar-refractivity contribution in [3.05, 3.63) is 23.4 Å². The normalized spacial score (nSPS) is 14.1. The zero-order valence-corrected chi connectivity index (χ0v) is 8.72. The van der Waals surface area contributed by atoms with Gasteiger partial charge in [0.25, 0.3) is 0 Å². The van der Waals surface area contributed by atoms with Crippen LogP contribution < -0.4 is 5.73 Å². The van der Waals surface area contributed by atoms with Crippen LogP contribution in [0.1, 0.15) is 40.5 Å². The minimum atomic E-state index is 0.787. The summed E-state index contributed by atoms with van der Waals surface area (Å²) < 4.78 is 0. The van der Waals surface area contributed by atoms with Crippen LogP contribution in [0.2, 0.25) is 0 Å². The molecule has 0 aromatic carbocycles. The Morgan fingerprint density at radius 3 is 2.33 bits per heavy atom. The summed E-state index contributed by atoms with van der Waals surface area (Å²) in [5.41, 5.74) is 8.06. The molecule has 0 aliphatic heterocycles. The zero-order chi connectivity index (χ0) is 9.56. The molecule has 0 aromatic rings. The summed E-state index contributed by atoms with van der Waals surface area (Å²) in [6.45, 7) is 8.79. The molecule has 1 heteroatoms. The maximum atomic E-state index is 5.31. The average Bonchev–Trinajstić information content (AvgIpc) is 2.00. The molecule has 0 radical (unpaired) electrons. The molecule has 0 atom stereocenters. The van der Waals surface area contributed by atoms with Crippen molar-refractivity contribution in [2.45, 2.75) is 40.5 Å². The molecular weight excluding hydrogens is 146 g/mol. The quantitative estimate of drug-likeness (QED) is 0.639. The van der Waals surface area contributed by atoms with Crippen molar-refractivity contribution >= 4 is 0 Å². The van der Waals surface area contributed by atoms with Crippen LogP contribution in [-0.4, -0.2) is 0 Å². The zero-order valence-electron chi connectivity index (χ0n) is 8.72. The van der Waals surface area contributed by atoms with Crippen LogP contribution >= 0.6 is 0 Å². The third-order valence-electron chi connectivity index (χ3n) is 2.12. The standard InChI is InChI=1S/C11H21N/c1-9(2)5-6-10(3)11(4)7-8-12/h7-9H,5-6,12H2,1-4H3/b8-7+,11-10-. The molecule has 0 aliphatic rings. The minimum absolute atomic E-state index is 0.787. The van der Waals surface area contributed by atoms with Gasteiger partial charge in [0.2, 0.25) is 0 Å². The highest BCUT2D eigenvalue weighted by molar-refractivity contribution is 5.21. The van der Waals surface area contributed by atoms with Crippen molar-refractivity contribution in [2.75, 3.05) is 0 Å². The molecule has 12 heavy (non-hydrogen) atoms. The van der Waals surface area contributed by atoms with E-state index in [0.717, 1.165) is 5.92 Å². The molecule has 0 saturated carbocycles. The van der Waals surface area contributed by atoms with Crippen molar-refractivity contribution in [1.29, 1.82) is 0 Å². The molecule has 0 aromatic heterocycles. The summed E-state index contributed by atoms with van der Waals surface area (Å²) in [4.78, 5) is 0. The fourth-order valence-corrected chi connectivity index (χ4v) is 0.989. The van der Waals surface area contributed by atoms with Crippen molar-refractivity contribution < 1.29 is 0 Å². The first-order chi connectivity index (χ1) is 5.57. The number of rotatable bonds is 4. The van der Waals surface area contributed by atoms with E-state index in [0.29, 0.717) is 0 Å². The van der Waals surface area contributed by atoms with Crippen LogP contribution in [0.25, 0.3) is 0 Å². The van der Waals surface area contributed by atoms with E-state index in [1.54, 1.807) is 6.20 Å². The van der Waals surface area contributed by atoms with Gasteiger partial charge in [-0.25, -0.2) is 0 Å². The van der Waals surface area contributed by atoms with Crippen molar-refractivity contribution in [3.63, 3.8) is 0 Å². The van der Waals surface area contributed by atoms with Gasteiger partial charge in [-0.2, -0.15) is 0 Å². The molecule has 0 heterocycles. The van der Waals surface area contributed by atoms with E-state index in [1.807, 2.05) is 6.08 Å². The predicted octanol–water partition coefficient (Wildman–Crippen LogP) is 3.23. The highest BCUT2D eigenvalue weighted by Crippen LogP contribution is 2.14. The second-order valence-electron chi connectivity index (χ2n) is 3.75. The van der Waals surface area contributed by atoms with E-state index in [4.69, 9.17) is 5.73 Å². The Bertz CT molecular complexity index is 175. The first-order valence-corrected chi connectivity index (χ1v) is 4.62. The second kappa shape index (κ2) is 5.87. The van der Waals surface area contributed by atoms with Gasteiger partial charge in [0, 0.05) is 0 Å². The summed E-state index contributed by atoms with van der Waals surface area (Å²) in [6, 6.07) is 0. The van der Waals surface area contributed by atoms with E-state index in [-0.39, 0.29) is 0 Å². The Balaban J connectivity index is 3.99. The average molecular weight is 167 g/mol. The molecule has 0 fully saturated rings. The topological polar surface area (TPSA) is 26.0 Å². The van der Waals surface area contributed by atoms with Gasteiger partial charge in [-0.05, 0) is 44.9 Å². The Morgan fingerprint density at radius 1 is 1.33 bits per heavy atom. The number of nitrogens with two attached hydrogens (primary N) is 1. The predicted molar refractivity (Wildman–Crippen MR) is 55.8 cm³/mol. The third kappa shape index (κ3) is 5.00. The molecule has 0 bridgehead atoms. The van der Waals surface area contributed by atoms with Crippen LogP contribution in [-0.2, 0) is 0 Å². The van der Waals surface area contributed by atoms with E-state index < -0.39 is 0 Å². The molecule has 0 amide bonds. The summed E-state index contributed by atoms with van der Waals surface area (Å²) in [5.74, 6) is 0.787. The summed E-state index contributed by atoms with van der Waals surface area (Å²) in [5, 5.41) is 0. The minimum Gasteiger partial charge on any atom is -0.405 e. The lowest BCUT2D eigenvalue weighted by Crippen LogP contribution is -1.90. The molecule has 0 saturated heterocycles. The van der Waals surface area contributed by atoms with E-state index >= 15 is 0 Å². The van der Waals surface area contributed by atoms with Crippen LogP contribution in [0.4, 0.5) is 0 Å². The Hall–Kier alpha value is -0.720. The van der Waals surface area contributed by atoms with Gasteiger partial charge in [0.1, 0.15) is 0 Å². The summed E-state index contributed by atoms with van der Waals surface area (Å²) >= 11 is 0. The Kier molecular flexibility index (Phi) is 5.52. The highest BCUT2D eigenvalue weighted by Gasteiger charge is 1.97. The van der Waals surface area contributed by atoms with Gasteiger partial charge in [0.15, 0.2) is 0 Å². The number of hydrogen-bond donors (Lipinski definition) is 1. The van der Waals surface area contributed by atoms with Crippen LogP contribution in [0.5, 0.6) is 0 Å². The molecular formula is C11H21N. The van der Waals surface area contributed by atoms with E-state index in [2.05, 4.69) is 27.7 Å². The summed E-state index contributed by atoms with van der Waals surface area (Å²) in [6.07, 6.45) is 6.03. The number of hydrogen-bond acceptors (Lipinski definition) is 1. The SMILES string of the molecule is CC(/C=C/N)=C(\C)CCC(C)C. The first kappa shape index (κ1) is 11.3. The molecule has 2 N–H and O–H groups in total. The molecule has 70 valence electrons. The van der Waals surface area contributed by atoms with E-state index in [9.17, 15) is 0 Å². The second-order valence-corrected chi connectivity index (χ2v) is 3.75. The van der Waals surface area contributed by atoms with Crippen molar-refractivity contribution in [1.82, 2.24) is 0 Å². The maximum absolute atomic E-state index is 5.31. The van der Waals surface area contributed by atoms with Gasteiger partial charge >= 0.3 is 0 Å². The maximum Gasteiger partial charge on any atom is -0.00597 e. The smallest absolute Gasteiger partial charge is 0.00597 e. The van der Waals surface area contributed by atoms with Gasteiger partial charge in [-0.3, -0.25) is 0 Å². The molecule has 0 aliphatic carbocycles. The largest absolute Gasteiger partial charge is 0.405 e. The van der Waals surface area contributed by atoms with Crippen LogP contribution in [0.3, 0.4) is 0 Å². The van der Waals surface area contributed by atoms with Crippen LogP contribution in [0.15, 0.2) is 23.4 Å². The van der Waals surface area contributed by atoms with Gasteiger partial charge < -0.3 is 5.73 Å². The van der Waals surface area contributed by atoms with Crippen molar-refractivity contribution in [3.8, 4) is 0 Å². The Labute approximate surface area is 76.3 Å². The van der Waals surface area contributed by atoms with Gasteiger partial charge in [0.05, 0.1) is 0 Å². The van der Waals surface area contributed by atoms with Crippen LogP contribution in [0, 0.1) is 5.92 Å². The lowest BCUT2D eigenvalue weighted by Gasteiger charge is -2.06. The fraction of sp³-hybridized carbons (Fsp3) is 0.636. The Morgan fingerprint density at radius 2 is 1.92 bits per heavy atom. The molecule has 0 spiro atoms. The lowest BCUT2D eigenvalue weighted by atomic mass is 10.0. The monoisotopic (exact) mass is 167 g/mol. The molecule has 1 nitrogen and oxygen atoms in total. The molecule has 0 rings (SSSR count). The van der Waals surface area contributed by atoms with Gasteiger partial charge in [-0.1, -0.05) is 25.0 Å². The fourth-order valence-electron chi connectivity index (χ4n) is 0.989. The first-order valence-electron chi connectivity index (χ1n) is 4.62. The number of allylic oxidation sites excluding steroid dienone is 3. The molecule has 0 unspecified atom stereocenters. The third-order valence-corrected chi connectivity index (χ3v) is 2.12. The summed E-state index contributed by atoms with van der Waals surface area (Å²) in [7, 11) is 0.